The van der Waals surface area contributed by atoms with Crippen LogP contribution in [0.3, 0.4) is 0 Å². The van der Waals surface area contributed by atoms with Crippen molar-refractivity contribution < 1.29 is 9.47 Å². The lowest BCUT2D eigenvalue weighted by molar-refractivity contribution is 0.0846. The molecule has 1 atom stereocenters. The summed E-state index contributed by atoms with van der Waals surface area (Å²) >= 11 is 0. The molecule has 1 aliphatic rings. The maximum atomic E-state index is 7.43. The van der Waals surface area contributed by atoms with Crippen LogP contribution in [-0.2, 0) is 9.47 Å². The Morgan fingerprint density at radius 1 is 1.56 bits per heavy atom. The van der Waals surface area contributed by atoms with E-state index in [9.17, 15) is 0 Å². The molecule has 0 aromatic rings. The summed E-state index contributed by atoms with van der Waals surface area (Å²) in [6, 6.07) is 0. The van der Waals surface area contributed by atoms with Crippen molar-refractivity contribution in [1.82, 2.24) is 0 Å². The first-order valence-electron chi connectivity index (χ1n) is 6.02. The van der Waals surface area contributed by atoms with Crippen LogP contribution in [0.4, 0.5) is 0 Å². The molecule has 0 saturated carbocycles. The fourth-order valence-electron chi connectivity index (χ4n) is 1.72. The molecule has 1 aliphatic heterocycles. The van der Waals surface area contributed by atoms with Crippen LogP contribution in [0.5, 0.6) is 0 Å². The maximum absolute atomic E-state index is 7.43. The van der Waals surface area contributed by atoms with E-state index in [4.69, 9.17) is 20.6 Å². The minimum Gasteiger partial charge on any atom is -0.387 e. The lowest BCUT2D eigenvalue weighted by Crippen LogP contribution is -2.31. The van der Waals surface area contributed by atoms with Crippen molar-refractivity contribution in [3.05, 3.63) is 0 Å². The zero-order valence-corrected chi connectivity index (χ0v) is 10.4. The highest BCUT2D eigenvalue weighted by atomic mass is 16.5. The summed E-state index contributed by atoms with van der Waals surface area (Å²) in [5, 5.41) is 7.43. The molecule has 4 nitrogen and oxygen atoms in total. The molecule has 0 aromatic heterocycles. The first kappa shape index (κ1) is 13.5. The van der Waals surface area contributed by atoms with Gasteiger partial charge in [-0.15, -0.1) is 0 Å². The summed E-state index contributed by atoms with van der Waals surface area (Å²) in [5.74, 6) is 0.845. The topological polar surface area (TPSA) is 68.3 Å². The van der Waals surface area contributed by atoms with E-state index in [1.807, 2.05) is 13.8 Å². The second-order valence-corrected chi connectivity index (χ2v) is 5.21. The minimum absolute atomic E-state index is 0.195. The summed E-state index contributed by atoms with van der Waals surface area (Å²) in [6.07, 6.45) is 2.99. The van der Waals surface area contributed by atoms with Gasteiger partial charge in [0.25, 0.3) is 0 Å². The van der Waals surface area contributed by atoms with Crippen LogP contribution in [0.25, 0.3) is 0 Å². The van der Waals surface area contributed by atoms with Crippen molar-refractivity contribution in [2.24, 2.45) is 17.1 Å². The molecule has 16 heavy (non-hydrogen) atoms. The predicted octanol–water partition coefficient (Wildman–Crippen LogP) is 1.78. The van der Waals surface area contributed by atoms with Gasteiger partial charge in [-0.3, -0.25) is 5.41 Å². The molecular weight excluding hydrogens is 204 g/mol. The molecule has 1 rings (SSSR count). The zero-order chi connectivity index (χ0) is 12.0. The maximum Gasteiger partial charge on any atom is 0.0963 e. The van der Waals surface area contributed by atoms with Gasteiger partial charge < -0.3 is 15.2 Å². The van der Waals surface area contributed by atoms with Crippen molar-refractivity contribution in [3.63, 3.8) is 0 Å². The van der Waals surface area contributed by atoms with Gasteiger partial charge in [0.1, 0.15) is 0 Å². The van der Waals surface area contributed by atoms with Crippen molar-refractivity contribution in [3.8, 4) is 0 Å². The predicted molar refractivity (Wildman–Crippen MR) is 64.7 cm³/mol. The zero-order valence-electron chi connectivity index (χ0n) is 10.4. The first-order valence-corrected chi connectivity index (χ1v) is 6.02. The molecule has 4 heteroatoms. The molecule has 94 valence electrons. The molecule has 0 aliphatic carbocycles. The van der Waals surface area contributed by atoms with Crippen molar-refractivity contribution in [2.45, 2.75) is 33.1 Å². The molecule has 0 radical (unpaired) electrons. The van der Waals surface area contributed by atoms with E-state index in [2.05, 4.69) is 0 Å². The Bertz CT molecular complexity index is 223. The summed E-state index contributed by atoms with van der Waals surface area (Å²) in [5.41, 5.74) is 5.32. The quantitative estimate of drug-likeness (QED) is 0.396. The number of amidine groups is 1. The van der Waals surface area contributed by atoms with Gasteiger partial charge in [-0.2, -0.15) is 0 Å². The van der Waals surface area contributed by atoms with Crippen LogP contribution < -0.4 is 5.73 Å². The Hall–Kier alpha value is -0.610. The van der Waals surface area contributed by atoms with E-state index in [-0.39, 0.29) is 11.3 Å². The van der Waals surface area contributed by atoms with Gasteiger partial charge >= 0.3 is 0 Å². The molecule has 1 saturated heterocycles. The van der Waals surface area contributed by atoms with Crippen molar-refractivity contribution in [2.75, 3.05) is 26.4 Å². The van der Waals surface area contributed by atoms with E-state index >= 15 is 0 Å². The second kappa shape index (κ2) is 6.21. The Labute approximate surface area is 98.0 Å². The van der Waals surface area contributed by atoms with Gasteiger partial charge in [0.15, 0.2) is 0 Å². The number of hydrogen-bond acceptors (Lipinski definition) is 3. The number of rotatable bonds is 7. The largest absolute Gasteiger partial charge is 0.387 e. The summed E-state index contributed by atoms with van der Waals surface area (Å²) in [6.45, 7) is 7.29. The molecular formula is C12H24N2O2. The van der Waals surface area contributed by atoms with Crippen LogP contribution in [0, 0.1) is 16.7 Å². The van der Waals surface area contributed by atoms with Gasteiger partial charge in [-0.05, 0) is 19.3 Å². The highest BCUT2D eigenvalue weighted by molar-refractivity contribution is 5.82. The molecule has 0 spiro atoms. The highest BCUT2D eigenvalue weighted by Crippen LogP contribution is 2.21. The molecule has 0 amide bonds. The Morgan fingerprint density at radius 2 is 2.31 bits per heavy atom. The Kier molecular flexibility index (Phi) is 5.22. The van der Waals surface area contributed by atoms with Crippen molar-refractivity contribution in [1.29, 1.82) is 5.41 Å². The summed E-state index contributed by atoms with van der Waals surface area (Å²) in [7, 11) is 0. The average Bonchev–Trinajstić information content (AvgIpc) is 2.69. The lowest BCUT2D eigenvalue weighted by Gasteiger charge is -2.22. The third-order valence-electron chi connectivity index (χ3n) is 3.20. The average molecular weight is 228 g/mol. The highest BCUT2D eigenvalue weighted by Gasteiger charge is 2.21. The number of nitrogens with one attached hydrogen (secondary N) is 1. The number of ether oxygens (including phenoxy) is 2. The van der Waals surface area contributed by atoms with Gasteiger partial charge in [0, 0.05) is 24.5 Å². The fraction of sp³-hybridized carbons (Fsp3) is 0.917. The van der Waals surface area contributed by atoms with Crippen LogP contribution in [0.15, 0.2) is 0 Å². The smallest absolute Gasteiger partial charge is 0.0963 e. The molecule has 3 N–H and O–H groups in total. The third-order valence-corrected chi connectivity index (χ3v) is 3.20. The number of hydrogen-bond donors (Lipinski definition) is 2. The summed E-state index contributed by atoms with van der Waals surface area (Å²) in [4.78, 5) is 0. The Morgan fingerprint density at radius 3 is 2.88 bits per heavy atom. The van der Waals surface area contributed by atoms with Gasteiger partial charge in [0.2, 0.25) is 0 Å². The molecule has 1 heterocycles. The van der Waals surface area contributed by atoms with Crippen molar-refractivity contribution >= 4 is 5.84 Å². The normalized spacial score (nSPS) is 21.2. The van der Waals surface area contributed by atoms with Crippen LogP contribution in [0.1, 0.15) is 33.1 Å². The molecule has 1 fully saturated rings. The molecule has 0 aromatic carbocycles. The van der Waals surface area contributed by atoms with E-state index in [1.165, 1.54) is 0 Å². The third kappa shape index (κ3) is 4.49. The first-order chi connectivity index (χ1) is 7.52. The van der Waals surface area contributed by atoms with Gasteiger partial charge in [0.05, 0.1) is 19.0 Å². The van der Waals surface area contributed by atoms with E-state index in [1.54, 1.807) is 0 Å². The van der Waals surface area contributed by atoms with E-state index in [0.29, 0.717) is 5.92 Å². The number of nitrogens with two attached hydrogens (primary N) is 1. The lowest BCUT2D eigenvalue weighted by atomic mass is 9.87. The summed E-state index contributed by atoms with van der Waals surface area (Å²) < 4.78 is 10.9. The fourth-order valence-corrected chi connectivity index (χ4v) is 1.72. The van der Waals surface area contributed by atoms with Gasteiger partial charge in [-0.1, -0.05) is 13.8 Å². The minimum atomic E-state index is -0.195. The van der Waals surface area contributed by atoms with E-state index in [0.717, 1.165) is 45.7 Å². The van der Waals surface area contributed by atoms with E-state index < -0.39 is 0 Å². The van der Waals surface area contributed by atoms with Crippen LogP contribution in [-0.4, -0.2) is 32.3 Å². The molecule has 1 unspecified atom stereocenters. The monoisotopic (exact) mass is 228 g/mol. The van der Waals surface area contributed by atoms with Crippen LogP contribution >= 0.6 is 0 Å². The second-order valence-electron chi connectivity index (χ2n) is 5.21. The SMILES string of the molecule is CC(C)(CCCOCC1CCOC1)C(=N)N. The van der Waals surface area contributed by atoms with Gasteiger partial charge in [-0.25, -0.2) is 0 Å². The molecule has 0 bridgehead atoms. The Balaban J connectivity index is 2.01. The standard InChI is InChI=1S/C12H24N2O2/c1-12(2,11(13)14)5-3-6-15-8-10-4-7-16-9-10/h10H,3-9H2,1-2H3,(H3,13,14). The van der Waals surface area contributed by atoms with Crippen LogP contribution in [0.2, 0.25) is 0 Å².